The Morgan fingerprint density at radius 1 is 1.13 bits per heavy atom. The van der Waals surface area contributed by atoms with E-state index in [9.17, 15) is 9.59 Å². The van der Waals surface area contributed by atoms with E-state index in [0.29, 0.717) is 11.5 Å². The molecule has 0 spiro atoms. The fourth-order valence-electron chi connectivity index (χ4n) is 4.11. The van der Waals surface area contributed by atoms with Crippen LogP contribution in [-0.4, -0.2) is 23.5 Å². The van der Waals surface area contributed by atoms with Crippen LogP contribution >= 0.6 is 0 Å². The normalized spacial score (nSPS) is 16.5. The minimum absolute atomic E-state index is 0.159. The van der Waals surface area contributed by atoms with Crippen LogP contribution in [0.2, 0.25) is 0 Å². The summed E-state index contributed by atoms with van der Waals surface area (Å²) in [7, 11) is 0. The zero-order chi connectivity index (χ0) is 21.1. The van der Waals surface area contributed by atoms with E-state index in [1.807, 2.05) is 61.5 Å². The zero-order valence-electron chi connectivity index (χ0n) is 17.4. The van der Waals surface area contributed by atoms with Gasteiger partial charge in [-0.2, -0.15) is 0 Å². The molecule has 2 aromatic carbocycles. The highest BCUT2D eigenvalue weighted by atomic mass is 16.5. The number of carbonyl (C=O) groups excluding carboxylic acids is 2. The van der Waals surface area contributed by atoms with Crippen molar-refractivity contribution in [2.75, 3.05) is 6.61 Å². The summed E-state index contributed by atoms with van der Waals surface area (Å²) in [4.78, 5) is 30.2. The van der Waals surface area contributed by atoms with E-state index < -0.39 is 5.97 Å². The summed E-state index contributed by atoms with van der Waals surface area (Å²) in [6.45, 7) is 3.78. The third-order valence-electron chi connectivity index (χ3n) is 5.72. The molecule has 0 aliphatic heterocycles. The van der Waals surface area contributed by atoms with Gasteiger partial charge in [0.25, 0.3) is 5.91 Å². The molecule has 5 nitrogen and oxygen atoms in total. The summed E-state index contributed by atoms with van der Waals surface area (Å²) in [6, 6.07) is 17.2. The van der Waals surface area contributed by atoms with E-state index in [4.69, 9.17) is 9.72 Å². The molecule has 1 heterocycles. The van der Waals surface area contributed by atoms with Crippen LogP contribution in [-0.2, 0) is 22.4 Å². The fraction of sp³-hybridized carbons (Fsp3) is 0.320. The predicted octanol–water partition coefficient (Wildman–Crippen LogP) is 4.39. The second-order valence-electron chi connectivity index (χ2n) is 8.05. The Labute approximate surface area is 176 Å². The van der Waals surface area contributed by atoms with Crippen molar-refractivity contribution in [2.24, 2.45) is 5.92 Å². The number of aromatic nitrogens is 1. The van der Waals surface area contributed by atoms with Crippen LogP contribution in [0.3, 0.4) is 0 Å². The van der Waals surface area contributed by atoms with Gasteiger partial charge in [0.2, 0.25) is 0 Å². The number of hydrogen-bond acceptors (Lipinski definition) is 4. The first kappa shape index (κ1) is 20.1. The van der Waals surface area contributed by atoms with Crippen LogP contribution in [0.15, 0.2) is 54.6 Å². The van der Waals surface area contributed by atoms with E-state index in [1.54, 1.807) is 0 Å². The molecular formula is C25H26N2O3. The van der Waals surface area contributed by atoms with Crippen molar-refractivity contribution in [1.29, 1.82) is 0 Å². The molecule has 0 saturated carbocycles. The van der Waals surface area contributed by atoms with Crippen LogP contribution < -0.4 is 5.32 Å². The number of ether oxygens (including phenoxy) is 1. The Bertz CT molecular complexity index is 1080. The van der Waals surface area contributed by atoms with Gasteiger partial charge in [0, 0.05) is 11.1 Å². The third kappa shape index (κ3) is 4.20. The number of benzene rings is 2. The SMILES string of the molecule is CC1CCc2nc3ccccc3c(C(=O)OCC(=O)NC(C)c3ccccc3)c2C1. The van der Waals surface area contributed by atoms with Crippen molar-refractivity contribution in [1.82, 2.24) is 10.3 Å². The molecule has 1 N–H and O–H groups in total. The quantitative estimate of drug-likeness (QED) is 0.643. The lowest BCUT2D eigenvalue weighted by molar-refractivity contribution is -0.124. The van der Waals surface area contributed by atoms with Gasteiger partial charge in [-0.05, 0) is 49.3 Å². The van der Waals surface area contributed by atoms with Crippen molar-refractivity contribution in [2.45, 2.75) is 39.2 Å². The van der Waals surface area contributed by atoms with Crippen molar-refractivity contribution in [3.63, 3.8) is 0 Å². The van der Waals surface area contributed by atoms with Crippen LogP contribution in [0.4, 0.5) is 0 Å². The minimum Gasteiger partial charge on any atom is -0.452 e. The van der Waals surface area contributed by atoms with Crippen LogP contribution in [0.5, 0.6) is 0 Å². The Kier molecular flexibility index (Phi) is 5.79. The number of fused-ring (bicyclic) bond motifs is 2. The van der Waals surface area contributed by atoms with Gasteiger partial charge in [-0.1, -0.05) is 55.5 Å². The number of carbonyl (C=O) groups is 2. The first-order chi connectivity index (χ1) is 14.5. The van der Waals surface area contributed by atoms with Gasteiger partial charge in [0.1, 0.15) is 0 Å². The Balaban J connectivity index is 1.52. The molecule has 4 rings (SSSR count). The number of aryl methyl sites for hydroxylation is 1. The van der Waals surface area contributed by atoms with Crippen molar-refractivity contribution in [3.8, 4) is 0 Å². The third-order valence-corrected chi connectivity index (χ3v) is 5.72. The molecule has 30 heavy (non-hydrogen) atoms. The summed E-state index contributed by atoms with van der Waals surface area (Å²) >= 11 is 0. The van der Waals surface area contributed by atoms with E-state index in [-0.39, 0.29) is 18.6 Å². The van der Waals surface area contributed by atoms with Crippen molar-refractivity contribution in [3.05, 3.63) is 77.0 Å². The second kappa shape index (κ2) is 8.66. The number of rotatable bonds is 5. The first-order valence-electron chi connectivity index (χ1n) is 10.4. The van der Waals surface area contributed by atoms with E-state index in [2.05, 4.69) is 12.2 Å². The maximum Gasteiger partial charge on any atom is 0.339 e. The van der Waals surface area contributed by atoms with Crippen LogP contribution in [0.1, 0.15) is 53.5 Å². The van der Waals surface area contributed by atoms with Gasteiger partial charge in [-0.3, -0.25) is 9.78 Å². The summed E-state index contributed by atoms with van der Waals surface area (Å²) in [6.07, 6.45) is 2.72. The van der Waals surface area contributed by atoms with E-state index in [1.165, 1.54) is 0 Å². The molecule has 1 aliphatic rings. The summed E-state index contributed by atoms with van der Waals surface area (Å²) in [5.74, 6) is -0.288. The molecule has 0 bridgehead atoms. The number of hydrogen-bond donors (Lipinski definition) is 1. The summed E-state index contributed by atoms with van der Waals surface area (Å²) < 4.78 is 5.46. The van der Waals surface area contributed by atoms with Gasteiger partial charge >= 0.3 is 5.97 Å². The molecule has 1 amide bonds. The second-order valence-corrected chi connectivity index (χ2v) is 8.05. The fourth-order valence-corrected chi connectivity index (χ4v) is 4.11. The van der Waals surface area contributed by atoms with E-state index >= 15 is 0 Å². The number of para-hydroxylation sites is 1. The largest absolute Gasteiger partial charge is 0.452 e. The number of amides is 1. The molecule has 2 atom stereocenters. The van der Waals surface area contributed by atoms with Gasteiger partial charge in [-0.25, -0.2) is 4.79 Å². The van der Waals surface area contributed by atoms with Crippen molar-refractivity contribution < 1.29 is 14.3 Å². The Morgan fingerprint density at radius 3 is 2.67 bits per heavy atom. The minimum atomic E-state index is -0.457. The van der Waals surface area contributed by atoms with Gasteiger partial charge in [0.15, 0.2) is 6.61 Å². The molecule has 0 saturated heterocycles. The van der Waals surface area contributed by atoms with Crippen LogP contribution in [0.25, 0.3) is 10.9 Å². The average Bonchev–Trinajstić information content (AvgIpc) is 2.76. The number of esters is 1. The zero-order valence-corrected chi connectivity index (χ0v) is 17.4. The number of nitrogens with zero attached hydrogens (tertiary/aromatic N) is 1. The smallest absolute Gasteiger partial charge is 0.339 e. The van der Waals surface area contributed by atoms with E-state index in [0.717, 1.165) is 47.0 Å². The molecule has 154 valence electrons. The summed E-state index contributed by atoms with van der Waals surface area (Å²) in [5.41, 5.74) is 4.29. The van der Waals surface area contributed by atoms with Gasteiger partial charge in [-0.15, -0.1) is 0 Å². The molecule has 1 aromatic heterocycles. The monoisotopic (exact) mass is 402 g/mol. The lowest BCUT2D eigenvalue weighted by atomic mass is 9.84. The summed E-state index contributed by atoms with van der Waals surface area (Å²) in [5, 5.41) is 3.67. The molecule has 5 heteroatoms. The molecule has 0 fully saturated rings. The van der Waals surface area contributed by atoms with Crippen molar-refractivity contribution >= 4 is 22.8 Å². The molecule has 1 aliphatic carbocycles. The molecule has 3 aromatic rings. The highest BCUT2D eigenvalue weighted by Crippen LogP contribution is 2.32. The number of nitrogens with one attached hydrogen (secondary N) is 1. The Morgan fingerprint density at radius 2 is 1.87 bits per heavy atom. The molecular weight excluding hydrogens is 376 g/mol. The van der Waals surface area contributed by atoms with Crippen LogP contribution in [0, 0.1) is 5.92 Å². The standard InChI is InChI=1S/C25H26N2O3/c1-16-12-13-22-20(14-16)24(19-10-6-7-11-21(19)27-22)25(29)30-15-23(28)26-17(2)18-8-4-3-5-9-18/h3-11,16-17H,12-15H2,1-2H3,(H,26,28). The topological polar surface area (TPSA) is 68.3 Å². The highest BCUT2D eigenvalue weighted by molar-refractivity contribution is 6.05. The molecule has 2 unspecified atom stereocenters. The average molecular weight is 402 g/mol. The number of pyridine rings is 1. The maximum atomic E-state index is 13.1. The maximum absolute atomic E-state index is 13.1. The predicted molar refractivity (Wildman–Crippen MR) is 116 cm³/mol. The van der Waals surface area contributed by atoms with Gasteiger partial charge in [0.05, 0.1) is 17.1 Å². The highest BCUT2D eigenvalue weighted by Gasteiger charge is 2.26. The Hall–Kier alpha value is -3.21. The lowest BCUT2D eigenvalue weighted by Gasteiger charge is -2.24. The lowest BCUT2D eigenvalue weighted by Crippen LogP contribution is -2.31. The van der Waals surface area contributed by atoms with Gasteiger partial charge < -0.3 is 10.1 Å². The first-order valence-corrected chi connectivity index (χ1v) is 10.4. The molecule has 0 radical (unpaired) electrons.